The predicted octanol–water partition coefficient (Wildman–Crippen LogP) is 1.98. The Kier molecular flexibility index (Phi) is 3.40. The molecule has 1 aromatic rings. The lowest BCUT2D eigenvalue weighted by atomic mass is 10.1. The molecule has 0 saturated carbocycles. The van der Waals surface area contributed by atoms with Gasteiger partial charge in [-0.15, -0.1) is 0 Å². The molecule has 0 amide bonds. The van der Waals surface area contributed by atoms with E-state index in [1.165, 1.54) is 6.07 Å². The Bertz CT molecular complexity index is 346. The molecule has 0 radical (unpaired) electrons. The Balaban J connectivity index is 2.85. The topological polar surface area (TPSA) is 49.8 Å². The minimum absolute atomic E-state index is 0.246. The molecule has 0 aliphatic heterocycles. The molecule has 0 aliphatic rings. The number of benzene rings is 1. The van der Waals surface area contributed by atoms with Gasteiger partial charge in [-0.25, -0.2) is 4.39 Å². The minimum Gasteiger partial charge on any atom is -0.316 e. The number of hydrogen-bond acceptors (Lipinski definition) is 2. The molecule has 0 fully saturated rings. The molecular formula is C9H8BrFN2. The van der Waals surface area contributed by atoms with E-state index in [0.717, 1.165) is 0 Å². The van der Waals surface area contributed by atoms with Crippen molar-refractivity contribution < 1.29 is 4.39 Å². The standard InChI is InChI=1S/C9H8BrFN2/c10-7-2-1-6(9(11)4-7)3-8(13)5-12/h1-2,4,8H,3,13H2. The van der Waals surface area contributed by atoms with Crippen molar-refractivity contribution in [2.45, 2.75) is 12.5 Å². The van der Waals surface area contributed by atoms with E-state index in [1.807, 2.05) is 6.07 Å². The summed E-state index contributed by atoms with van der Waals surface area (Å²) in [5.41, 5.74) is 5.84. The van der Waals surface area contributed by atoms with Gasteiger partial charge in [0.15, 0.2) is 0 Å². The van der Waals surface area contributed by atoms with Crippen molar-refractivity contribution >= 4 is 15.9 Å². The molecule has 0 aliphatic carbocycles. The summed E-state index contributed by atoms with van der Waals surface area (Å²) in [6.07, 6.45) is 0.246. The Morgan fingerprint density at radius 3 is 2.85 bits per heavy atom. The van der Waals surface area contributed by atoms with Gasteiger partial charge < -0.3 is 5.73 Å². The van der Waals surface area contributed by atoms with Crippen LogP contribution in [0.1, 0.15) is 5.56 Å². The maximum atomic E-state index is 13.2. The monoisotopic (exact) mass is 242 g/mol. The Morgan fingerprint density at radius 1 is 1.62 bits per heavy atom. The zero-order valence-corrected chi connectivity index (χ0v) is 8.38. The van der Waals surface area contributed by atoms with Crippen molar-refractivity contribution in [1.82, 2.24) is 0 Å². The second-order valence-corrected chi connectivity index (χ2v) is 3.59. The number of nitriles is 1. The van der Waals surface area contributed by atoms with Crippen LogP contribution in [0.3, 0.4) is 0 Å². The summed E-state index contributed by atoms with van der Waals surface area (Å²) in [5.74, 6) is -0.333. The molecule has 0 aromatic heterocycles. The summed E-state index contributed by atoms with van der Waals surface area (Å²) in [6.45, 7) is 0. The van der Waals surface area contributed by atoms with Crippen LogP contribution in [0.25, 0.3) is 0 Å². The van der Waals surface area contributed by atoms with E-state index in [-0.39, 0.29) is 12.2 Å². The van der Waals surface area contributed by atoms with Gasteiger partial charge in [-0.2, -0.15) is 5.26 Å². The second kappa shape index (κ2) is 4.35. The summed E-state index contributed by atoms with van der Waals surface area (Å²) >= 11 is 3.14. The van der Waals surface area contributed by atoms with Crippen LogP contribution in [0, 0.1) is 17.1 Å². The number of hydrogen-bond donors (Lipinski definition) is 1. The van der Waals surface area contributed by atoms with Crippen LogP contribution in [0.15, 0.2) is 22.7 Å². The third kappa shape index (κ3) is 2.79. The third-order valence-corrected chi connectivity index (χ3v) is 2.11. The average molecular weight is 243 g/mol. The molecule has 0 saturated heterocycles. The van der Waals surface area contributed by atoms with Crippen molar-refractivity contribution in [3.05, 3.63) is 34.1 Å². The molecule has 0 bridgehead atoms. The molecule has 2 nitrogen and oxygen atoms in total. The summed E-state index contributed by atoms with van der Waals surface area (Å²) in [5, 5.41) is 8.43. The number of rotatable bonds is 2. The van der Waals surface area contributed by atoms with E-state index in [0.29, 0.717) is 10.0 Å². The first-order valence-corrected chi connectivity index (χ1v) is 4.52. The quantitative estimate of drug-likeness (QED) is 0.863. The fraction of sp³-hybridized carbons (Fsp3) is 0.222. The lowest BCUT2D eigenvalue weighted by molar-refractivity contribution is 0.603. The highest BCUT2D eigenvalue weighted by Gasteiger charge is 2.07. The van der Waals surface area contributed by atoms with Crippen LogP contribution in [0.5, 0.6) is 0 Å². The van der Waals surface area contributed by atoms with E-state index in [9.17, 15) is 4.39 Å². The molecule has 0 spiro atoms. The first kappa shape index (κ1) is 10.2. The fourth-order valence-electron chi connectivity index (χ4n) is 0.970. The lowest BCUT2D eigenvalue weighted by Gasteiger charge is -2.04. The van der Waals surface area contributed by atoms with Crippen molar-refractivity contribution in [2.24, 2.45) is 5.73 Å². The molecule has 4 heteroatoms. The molecule has 1 rings (SSSR count). The molecule has 1 unspecified atom stereocenters. The second-order valence-electron chi connectivity index (χ2n) is 2.68. The Hall–Kier alpha value is -0.920. The van der Waals surface area contributed by atoms with Crippen molar-refractivity contribution in [3.8, 4) is 6.07 Å². The highest BCUT2D eigenvalue weighted by molar-refractivity contribution is 9.10. The average Bonchev–Trinajstić information content (AvgIpc) is 2.09. The molecule has 68 valence electrons. The number of halogens is 2. The van der Waals surface area contributed by atoms with E-state index in [1.54, 1.807) is 12.1 Å². The van der Waals surface area contributed by atoms with Crippen molar-refractivity contribution in [1.29, 1.82) is 5.26 Å². The van der Waals surface area contributed by atoms with Gasteiger partial charge in [0, 0.05) is 10.9 Å². The van der Waals surface area contributed by atoms with Crippen LogP contribution in [-0.2, 0) is 6.42 Å². The summed E-state index contributed by atoms with van der Waals surface area (Å²) < 4.78 is 13.8. The largest absolute Gasteiger partial charge is 0.316 e. The summed E-state index contributed by atoms with van der Waals surface area (Å²) in [7, 11) is 0. The Morgan fingerprint density at radius 2 is 2.31 bits per heavy atom. The number of nitrogens with zero attached hydrogens (tertiary/aromatic N) is 1. The van der Waals surface area contributed by atoms with Crippen LogP contribution in [-0.4, -0.2) is 6.04 Å². The molecule has 0 heterocycles. The highest BCUT2D eigenvalue weighted by atomic mass is 79.9. The predicted molar refractivity (Wildman–Crippen MR) is 51.4 cm³/mol. The molecule has 1 atom stereocenters. The maximum Gasteiger partial charge on any atom is 0.127 e. The van der Waals surface area contributed by atoms with Crippen LogP contribution in [0.4, 0.5) is 4.39 Å². The molecule has 1 aromatic carbocycles. The van der Waals surface area contributed by atoms with Gasteiger partial charge in [0.1, 0.15) is 5.82 Å². The summed E-state index contributed by atoms with van der Waals surface area (Å²) in [4.78, 5) is 0. The highest BCUT2D eigenvalue weighted by Crippen LogP contribution is 2.16. The normalized spacial score (nSPS) is 12.2. The van der Waals surface area contributed by atoms with Crippen LogP contribution >= 0.6 is 15.9 Å². The van der Waals surface area contributed by atoms with E-state index in [2.05, 4.69) is 15.9 Å². The molecule has 2 N–H and O–H groups in total. The zero-order chi connectivity index (χ0) is 9.84. The zero-order valence-electron chi connectivity index (χ0n) is 6.80. The summed E-state index contributed by atoms with van der Waals surface area (Å²) in [6, 6.07) is 5.92. The van der Waals surface area contributed by atoms with E-state index >= 15 is 0 Å². The van der Waals surface area contributed by atoms with E-state index < -0.39 is 6.04 Å². The van der Waals surface area contributed by atoms with Crippen molar-refractivity contribution in [3.63, 3.8) is 0 Å². The van der Waals surface area contributed by atoms with Gasteiger partial charge in [0.05, 0.1) is 12.1 Å². The van der Waals surface area contributed by atoms with Gasteiger partial charge in [-0.05, 0) is 17.7 Å². The van der Waals surface area contributed by atoms with Gasteiger partial charge in [0.25, 0.3) is 0 Å². The van der Waals surface area contributed by atoms with Gasteiger partial charge in [-0.1, -0.05) is 22.0 Å². The van der Waals surface area contributed by atoms with Crippen molar-refractivity contribution in [2.75, 3.05) is 0 Å². The number of nitrogens with two attached hydrogens (primary N) is 1. The minimum atomic E-state index is -0.643. The smallest absolute Gasteiger partial charge is 0.127 e. The van der Waals surface area contributed by atoms with Crippen LogP contribution in [0.2, 0.25) is 0 Å². The van der Waals surface area contributed by atoms with Gasteiger partial charge in [-0.3, -0.25) is 0 Å². The molecular weight excluding hydrogens is 235 g/mol. The third-order valence-electron chi connectivity index (χ3n) is 1.62. The Labute approximate surface area is 84.3 Å². The van der Waals surface area contributed by atoms with Crippen LogP contribution < -0.4 is 5.73 Å². The molecule has 13 heavy (non-hydrogen) atoms. The fourth-order valence-corrected chi connectivity index (χ4v) is 1.30. The first-order chi connectivity index (χ1) is 6.13. The maximum absolute atomic E-state index is 13.2. The SMILES string of the molecule is N#CC(N)Cc1ccc(Br)cc1F. The lowest BCUT2D eigenvalue weighted by Crippen LogP contribution is -2.20. The van der Waals surface area contributed by atoms with E-state index in [4.69, 9.17) is 11.0 Å². The first-order valence-electron chi connectivity index (χ1n) is 3.72. The van der Waals surface area contributed by atoms with Gasteiger partial charge in [0.2, 0.25) is 0 Å². The van der Waals surface area contributed by atoms with Gasteiger partial charge >= 0.3 is 0 Å².